The predicted octanol–water partition coefficient (Wildman–Crippen LogP) is 0.144. The average molecular weight is 400 g/mol. The number of aromatic amines is 1. The first kappa shape index (κ1) is 19.5. The van der Waals surface area contributed by atoms with E-state index in [-0.39, 0.29) is 18.2 Å². The van der Waals surface area contributed by atoms with E-state index in [4.69, 9.17) is 4.74 Å². The number of H-pyrrole nitrogens is 1. The van der Waals surface area contributed by atoms with Crippen molar-refractivity contribution in [1.29, 1.82) is 0 Å². The van der Waals surface area contributed by atoms with Crippen LogP contribution in [0.1, 0.15) is 47.2 Å². The molecule has 0 aromatic carbocycles. The van der Waals surface area contributed by atoms with Crippen molar-refractivity contribution in [2.24, 2.45) is 0 Å². The van der Waals surface area contributed by atoms with Gasteiger partial charge in [0.25, 0.3) is 11.8 Å². The molecule has 0 aliphatic carbocycles. The van der Waals surface area contributed by atoms with E-state index in [0.29, 0.717) is 38.0 Å². The number of nitrogens with one attached hydrogen (secondary N) is 2. The van der Waals surface area contributed by atoms with E-state index in [1.54, 1.807) is 24.1 Å². The Morgan fingerprint density at radius 1 is 1.31 bits per heavy atom. The first-order valence-electron chi connectivity index (χ1n) is 9.60. The van der Waals surface area contributed by atoms with Gasteiger partial charge in [-0.2, -0.15) is 5.10 Å². The average Bonchev–Trinajstić information content (AvgIpc) is 3.25. The van der Waals surface area contributed by atoms with Crippen LogP contribution >= 0.6 is 0 Å². The monoisotopic (exact) mass is 400 g/mol. The van der Waals surface area contributed by atoms with Gasteiger partial charge in [-0.15, -0.1) is 0 Å². The number of aliphatic hydroxyl groups is 1. The zero-order valence-electron chi connectivity index (χ0n) is 16.2. The molecule has 0 bridgehead atoms. The molecule has 2 atom stereocenters. The number of amides is 2. The number of piperidine rings is 1. The summed E-state index contributed by atoms with van der Waals surface area (Å²) >= 11 is 0. The molecule has 154 valence electrons. The van der Waals surface area contributed by atoms with E-state index in [0.717, 1.165) is 0 Å². The Morgan fingerprint density at radius 2 is 2.10 bits per heavy atom. The van der Waals surface area contributed by atoms with Crippen molar-refractivity contribution in [3.63, 3.8) is 0 Å². The molecule has 2 aliphatic rings. The number of carbonyl (C=O) groups is 2. The molecule has 4 rings (SSSR count). The quantitative estimate of drug-likeness (QED) is 0.667. The summed E-state index contributed by atoms with van der Waals surface area (Å²) in [6, 6.07) is 1.09. The van der Waals surface area contributed by atoms with Crippen LogP contribution in [0.4, 0.5) is 0 Å². The Bertz CT molecular complexity index is 862. The molecule has 3 N–H and O–H groups in total. The van der Waals surface area contributed by atoms with Gasteiger partial charge in [0.05, 0.1) is 30.0 Å². The van der Waals surface area contributed by atoms with E-state index < -0.39 is 23.2 Å². The van der Waals surface area contributed by atoms with Crippen LogP contribution in [-0.2, 0) is 4.74 Å². The van der Waals surface area contributed by atoms with Crippen molar-refractivity contribution in [2.45, 2.75) is 43.4 Å². The number of carbonyl (C=O) groups excluding carboxylic acids is 2. The van der Waals surface area contributed by atoms with E-state index in [9.17, 15) is 14.7 Å². The Labute approximate surface area is 167 Å². The van der Waals surface area contributed by atoms with Crippen LogP contribution in [0.15, 0.2) is 30.9 Å². The first-order chi connectivity index (χ1) is 13.9. The highest BCUT2D eigenvalue weighted by Crippen LogP contribution is 2.39. The van der Waals surface area contributed by atoms with E-state index in [2.05, 4.69) is 25.5 Å². The maximum atomic E-state index is 12.5. The summed E-state index contributed by atoms with van der Waals surface area (Å²) in [5.74, 6) is -0.489. The summed E-state index contributed by atoms with van der Waals surface area (Å²) in [7, 11) is 0. The highest BCUT2D eigenvalue weighted by atomic mass is 16.5. The van der Waals surface area contributed by atoms with Gasteiger partial charge < -0.3 is 20.1 Å². The second-order valence-corrected chi connectivity index (χ2v) is 7.91. The fraction of sp³-hybridized carbons (Fsp3) is 0.526. The van der Waals surface area contributed by atoms with Crippen molar-refractivity contribution < 1.29 is 19.4 Å². The van der Waals surface area contributed by atoms with Crippen molar-refractivity contribution in [2.75, 3.05) is 19.7 Å². The van der Waals surface area contributed by atoms with Crippen molar-refractivity contribution in [3.8, 4) is 0 Å². The molecular formula is C19H24N6O4. The molecule has 10 heteroatoms. The SMILES string of the molecule is C[C@]1(O)CC2(CCN(C(=O)c3ccn[nH]3)CC2)OC[C@@H]1NC(=O)c1cnccn1. The van der Waals surface area contributed by atoms with Crippen molar-refractivity contribution >= 4 is 11.8 Å². The summed E-state index contributed by atoms with van der Waals surface area (Å²) in [6.45, 7) is 2.96. The minimum absolute atomic E-state index is 0.0889. The summed E-state index contributed by atoms with van der Waals surface area (Å²) in [5.41, 5.74) is -1.01. The summed E-state index contributed by atoms with van der Waals surface area (Å²) < 4.78 is 6.14. The molecule has 10 nitrogen and oxygen atoms in total. The maximum absolute atomic E-state index is 12.5. The van der Waals surface area contributed by atoms with Crippen LogP contribution in [0.3, 0.4) is 0 Å². The van der Waals surface area contributed by atoms with Crippen LogP contribution in [0.5, 0.6) is 0 Å². The van der Waals surface area contributed by atoms with Gasteiger partial charge in [-0.1, -0.05) is 0 Å². The third kappa shape index (κ3) is 3.99. The van der Waals surface area contributed by atoms with E-state index in [1.807, 2.05) is 0 Å². The van der Waals surface area contributed by atoms with Crippen molar-refractivity contribution in [3.05, 3.63) is 42.2 Å². The lowest BCUT2D eigenvalue weighted by atomic mass is 9.75. The molecule has 2 aromatic heterocycles. The molecule has 2 fully saturated rings. The van der Waals surface area contributed by atoms with Crippen LogP contribution < -0.4 is 5.32 Å². The van der Waals surface area contributed by atoms with Gasteiger partial charge in [-0.3, -0.25) is 19.7 Å². The number of hydrogen-bond donors (Lipinski definition) is 3. The molecule has 29 heavy (non-hydrogen) atoms. The minimum atomic E-state index is -1.15. The topological polar surface area (TPSA) is 133 Å². The second kappa shape index (κ2) is 7.53. The van der Waals surface area contributed by atoms with Gasteiger partial charge in [0.1, 0.15) is 11.4 Å². The molecule has 0 radical (unpaired) electrons. The van der Waals surface area contributed by atoms with Gasteiger partial charge in [0.2, 0.25) is 0 Å². The number of rotatable bonds is 3. The molecular weight excluding hydrogens is 376 g/mol. The number of ether oxygens (including phenoxy) is 1. The van der Waals surface area contributed by atoms with Gasteiger partial charge >= 0.3 is 0 Å². The summed E-state index contributed by atoms with van der Waals surface area (Å²) in [6.07, 6.45) is 7.47. The van der Waals surface area contributed by atoms with Crippen LogP contribution in [-0.4, -0.2) is 78.9 Å². The van der Waals surface area contributed by atoms with Crippen LogP contribution in [0, 0.1) is 0 Å². The van der Waals surface area contributed by atoms with Crippen molar-refractivity contribution in [1.82, 2.24) is 30.4 Å². The number of likely N-dealkylation sites (tertiary alicyclic amines) is 1. The Balaban J connectivity index is 1.37. The van der Waals surface area contributed by atoms with E-state index in [1.165, 1.54) is 18.6 Å². The number of nitrogens with zero attached hydrogens (tertiary/aromatic N) is 4. The normalized spacial score (nSPS) is 26.3. The highest BCUT2D eigenvalue weighted by molar-refractivity contribution is 5.92. The Kier molecular flexibility index (Phi) is 5.05. The third-order valence-electron chi connectivity index (χ3n) is 5.78. The highest BCUT2D eigenvalue weighted by Gasteiger charge is 2.50. The fourth-order valence-corrected chi connectivity index (χ4v) is 4.10. The largest absolute Gasteiger partial charge is 0.388 e. The summed E-state index contributed by atoms with van der Waals surface area (Å²) in [5, 5.41) is 20.4. The van der Waals surface area contributed by atoms with Crippen LogP contribution in [0.25, 0.3) is 0 Å². The minimum Gasteiger partial charge on any atom is -0.388 e. The maximum Gasteiger partial charge on any atom is 0.271 e. The molecule has 0 unspecified atom stereocenters. The number of hydrogen-bond acceptors (Lipinski definition) is 7. The molecule has 2 aliphatic heterocycles. The third-order valence-corrected chi connectivity index (χ3v) is 5.78. The molecule has 2 saturated heterocycles. The fourth-order valence-electron chi connectivity index (χ4n) is 4.10. The Morgan fingerprint density at radius 3 is 2.72 bits per heavy atom. The smallest absolute Gasteiger partial charge is 0.271 e. The van der Waals surface area contributed by atoms with Gasteiger partial charge in [-0.05, 0) is 25.8 Å². The summed E-state index contributed by atoms with van der Waals surface area (Å²) in [4.78, 5) is 34.5. The predicted molar refractivity (Wildman–Crippen MR) is 101 cm³/mol. The standard InChI is InChI=1S/C19H24N6O4/c1-18(28)12-19(3-8-25(9-4-19)17(27)13-2-5-22-24-13)29-11-15(18)23-16(26)14-10-20-6-7-21-14/h2,5-7,10,15,28H,3-4,8-9,11-12H2,1H3,(H,22,24)(H,23,26)/t15-,18-/m0/s1. The first-order valence-corrected chi connectivity index (χ1v) is 9.60. The lowest BCUT2D eigenvalue weighted by molar-refractivity contribution is -0.183. The van der Waals surface area contributed by atoms with Gasteiger partial charge in [0, 0.05) is 38.1 Å². The lowest BCUT2D eigenvalue weighted by Gasteiger charge is -2.51. The molecule has 2 aromatic rings. The van der Waals surface area contributed by atoms with Crippen LogP contribution in [0.2, 0.25) is 0 Å². The van der Waals surface area contributed by atoms with Gasteiger partial charge in [0.15, 0.2) is 0 Å². The molecule has 4 heterocycles. The zero-order chi connectivity index (χ0) is 20.5. The van der Waals surface area contributed by atoms with Gasteiger partial charge in [-0.25, -0.2) is 4.98 Å². The molecule has 1 spiro atoms. The number of aromatic nitrogens is 4. The molecule has 0 saturated carbocycles. The lowest BCUT2D eigenvalue weighted by Crippen LogP contribution is -2.64. The zero-order valence-corrected chi connectivity index (χ0v) is 16.2. The van der Waals surface area contributed by atoms with E-state index >= 15 is 0 Å². The Hall–Kier alpha value is -2.85. The molecule has 2 amide bonds. The second-order valence-electron chi connectivity index (χ2n) is 7.91.